The SMILES string of the molecule is COc1ccc(NC(=O)COc2ccc(C)cc2C)cc1Cl. The number of carbonyl (C=O) groups is 1. The maximum absolute atomic E-state index is 11.9. The lowest BCUT2D eigenvalue weighted by Crippen LogP contribution is -2.20. The van der Waals surface area contributed by atoms with Crippen molar-refractivity contribution in [2.45, 2.75) is 13.8 Å². The fourth-order valence-electron chi connectivity index (χ4n) is 2.05. The molecular weight excluding hydrogens is 302 g/mol. The molecule has 0 spiro atoms. The monoisotopic (exact) mass is 319 g/mol. The molecule has 0 bridgehead atoms. The Hall–Kier alpha value is -2.20. The van der Waals surface area contributed by atoms with Crippen LogP contribution in [0.4, 0.5) is 5.69 Å². The minimum absolute atomic E-state index is 0.0620. The highest BCUT2D eigenvalue weighted by Crippen LogP contribution is 2.27. The summed E-state index contributed by atoms with van der Waals surface area (Å²) in [6.07, 6.45) is 0. The summed E-state index contributed by atoms with van der Waals surface area (Å²) in [5.74, 6) is 1.01. The average molecular weight is 320 g/mol. The van der Waals surface area contributed by atoms with E-state index in [1.54, 1.807) is 18.2 Å². The maximum atomic E-state index is 11.9. The van der Waals surface area contributed by atoms with E-state index in [9.17, 15) is 4.79 Å². The number of hydrogen-bond donors (Lipinski definition) is 1. The van der Waals surface area contributed by atoms with Gasteiger partial charge in [-0.2, -0.15) is 0 Å². The Morgan fingerprint density at radius 1 is 1.14 bits per heavy atom. The van der Waals surface area contributed by atoms with Crippen LogP contribution >= 0.6 is 11.6 Å². The summed E-state index contributed by atoms with van der Waals surface area (Å²) in [6.45, 7) is 3.90. The van der Waals surface area contributed by atoms with E-state index in [2.05, 4.69) is 5.32 Å². The van der Waals surface area contributed by atoms with Crippen molar-refractivity contribution in [3.05, 3.63) is 52.5 Å². The maximum Gasteiger partial charge on any atom is 0.262 e. The van der Waals surface area contributed by atoms with E-state index < -0.39 is 0 Å². The number of hydrogen-bond acceptors (Lipinski definition) is 3. The van der Waals surface area contributed by atoms with Gasteiger partial charge in [-0.1, -0.05) is 29.3 Å². The summed E-state index contributed by atoms with van der Waals surface area (Å²) in [4.78, 5) is 11.9. The second kappa shape index (κ2) is 7.18. The molecule has 0 heterocycles. The van der Waals surface area contributed by atoms with E-state index in [4.69, 9.17) is 21.1 Å². The molecule has 0 atom stereocenters. The molecule has 5 heteroatoms. The number of anilines is 1. The van der Waals surface area contributed by atoms with Crippen molar-refractivity contribution in [2.75, 3.05) is 19.0 Å². The van der Waals surface area contributed by atoms with Crippen molar-refractivity contribution in [1.29, 1.82) is 0 Å². The first-order valence-electron chi connectivity index (χ1n) is 6.83. The van der Waals surface area contributed by atoms with Crippen LogP contribution < -0.4 is 14.8 Å². The topological polar surface area (TPSA) is 47.6 Å². The molecule has 1 N–H and O–H groups in total. The molecule has 2 rings (SSSR count). The number of amides is 1. The molecule has 0 radical (unpaired) electrons. The Morgan fingerprint density at radius 3 is 2.50 bits per heavy atom. The Kier molecular flexibility index (Phi) is 5.28. The molecule has 0 unspecified atom stereocenters. The average Bonchev–Trinajstić information content (AvgIpc) is 2.46. The molecule has 116 valence electrons. The molecule has 22 heavy (non-hydrogen) atoms. The largest absolute Gasteiger partial charge is 0.495 e. The van der Waals surface area contributed by atoms with Crippen LogP contribution in [0.3, 0.4) is 0 Å². The van der Waals surface area contributed by atoms with Gasteiger partial charge in [0, 0.05) is 5.69 Å². The van der Waals surface area contributed by atoms with Gasteiger partial charge in [0.15, 0.2) is 6.61 Å². The van der Waals surface area contributed by atoms with Crippen LogP contribution in [0, 0.1) is 13.8 Å². The van der Waals surface area contributed by atoms with Gasteiger partial charge in [-0.05, 0) is 43.7 Å². The number of benzene rings is 2. The van der Waals surface area contributed by atoms with Crippen molar-refractivity contribution in [2.24, 2.45) is 0 Å². The number of methoxy groups -OCH3 is 1. The molecule has 0 aliphatic rings. The summed E-state index contributed by atoms with van der Waals surface area (Å²) in [6, 6.07) is 10.9. The second-order valence-corrected chi connectivity index (χ2v) is 5.36. The number of aryl methyl sites for hydroxylation is 2. The quantitative estimate of drug-likeness (QED) is 0.906. The molecule has 0 aliphatic carbocycles. The molecule has 0 aliphatic heterocycles. The molecule has 1 amide bonds. The van der Waals surface area contributed by atoms with Gasteiger partial charge in [0.1, 0.15) is 11.5 Å². The Bertz CT molecular complexity index is 686. The molecule has 0 saturated heterocycles. The highest BCUT2D eigenvalue weighted by molar-refractivity contribution is 6.32. The Labute approximate surface area is 135 Å². The van der Waals surface area contributed by atoms with Crippen molar-refractivity contribution >= 4 is 23.2 Å². The number of nitrogens with one attached hydrogen (secondary N) is 1. The van der Waals surface area contributed by atoms with Crippen LogP contribution in [-0.4, -0.2) is 19.6 Å². The standard InChI is InChI=1S/C17H18ClNO3/c1-11-4-6-15(12(2)8-11)22-10-17(20)19-13-5-7-16(21-3)14(18)9-13/h4-9H,10H2,1-3H3,(H,19,20). The molecule has 0 fully saturated rings. The van der Waals surface area contributed by atoms with Crippen LogP contribution in [0.15, 0.2) is 36.4 Å². The predicted octanol–water partition coefficient (Wildman–Crippen LogP) is 3.98. The molecule has 0 saturated carbocycles. The van der Waals surface area contributed by atoms with E-state index in [1.807, 2.05) is 32.0 Å². The van der Waals surface area contributed by atoms with Crippen molar-refractivity contribution in [3.8, 4) is 11.5 Å². The van der Waals surface area contributed by atoms with E-state index in [0.717, 1.165) is 11.1 Å². The zero-order chi connectivity index (χ0) is 16.1. The fraction of sp³-hybridized carbons (Fsp3) is 0.235. The van der Waals surface area contributed by atoms with Crippen LogP contribution in [0.1, 0.15) is 11.1 Å². The van der Waals surface area contributed by atoms with Gasteiger partial charge in [0.2, 0.25) is 0 Å². The zero-order valence-electron chi connectivity index (χ0n) is 12.8. The highest BCUT2D eigenvalue weighted by atomic mass is 35.5. The first kappa shape index (κ1) is 16.2. The van der Waals surface area contributed by atoms with E-state index in [1.165, 1.54) is 7.11 Å². The lowest BCUT2D eigenvalue weighted by atomic mass is 10.1. The van der Waals surface area contributed by atoms with Crippen LogP contribution in [0.5, 0.6) is 11.5 Å². The lowest BCUT2D eigenvalue weighted by molar-refractivity contribution is -0.118. The number of rotatable bonds is 5. The third kappa shape index (κ3) is 4.15. The van der Waals surface area contributed by atoms with Crippen molar-refractivity contribution in [1.82, 2.24) is 0 Å². The van der Waals surface area contributed by atoms with Crippen LogP contribution in [-0.2, 0) is 4.79 Å². The predicted molar refractivity (Wildman–Crippen MR) is 88.0 cm³/mol. The smallest absolute Gasteiger partial charge is 0.262 e. The zero-order valence-corrected chi connectivity index (χ0v) is 13.5. The minimum atomic E-state index is -0.249. The molecule has 4 nitrogen and oxygen atoms in total. The van der Waals surface area contributed by atoms with E-state index in [-0.39, 0.29) is 12.5 Å². The minimum Gasteiger partial charge on any atom is -0.495 e. The molecule has 0 aromatic heterocycles. The van der Waals surface area contributed by atoms with Crippen LogP contribution in [0.25, 0.3) is 0 Å². The van der Waals surface area contributed by atoms with Gasteiger partial charge in [-0.15, -0.1) is 0 Å². The molecular formula is C17H18ClNO3. The van der Waals surface area contributed by atoms with Gasteiger partial charge in [-0.3, -0.25) is 4.79 Å². The first-order chi connectivity index (χ1) is 10.5. The summed E-state index contributed by atoms with van der Waals surface area (Å²) in [5, 5.41) is 3.17. The van der Waals surface area contributed by atoms with Gasteiger partial charge >= 0.3 is 0 Å². The second-order valence-electron chi connectivity index (χ2n) is 4.96. The van der Waals surface area contributed by atoms with Gasteiger partial charge < -0.3 is 14.8 Å². The lowest BCUT2D eigenvalue weighted by Gasteiger charge is -2.11. The Morgan fingerprint density at radius 2 is 1.86 bits per heavy atom. The highest BCUT2D eigenvalue weighted by Gasteiger charge is 2.07. The third-order valence-corrected chi connectivity index (χ3v) is 3.42. The number of halogens is 1. The normalized spacial score (nSPS) is 10.2. The van der Waals surface area contributed by atoms with Gasteiger partial charge in [-0.25, -0.2) is 0 Å². The molecule has 2 aromatic carbocycles. The fourth-order valence-corrected chi connectivity index (χ4v) is 2.30. The van der Waals surface area contributed by atoms with E-state index in [0.29, 0.717) is 22.2 Å². The van der Waals surface area contributed by atoms with Crippen LogP contribution in [0.2, 0.25) is 5.02 Å². The number of ether oxygens (including phenoxy) is 2. The number of carbonyl (C=O) groups excluding carboxylic acids is 1. The summed E-state index contributed by atoms with van der Waals surface area (Å²) >= 11 is 6.01. The van der Waals surface area contributed by atoms with E-state index >= 15 is 0 Å². The summed E-state index contributed by atoms with van der Waals surface area (Å²) in [7, 11) is 1.54. The third-order valence-electron chi connectivity index (χ3n) is 3.12. The van der Waals surface area contributed by atoms with Gasteiger partial charge in [0.25, 0.3) is 5.91 Å². The van der Waals surface area contributed by atoms with Crippen molar-refractivity contribution in [3.63, 3.8) is 0 Å². The summed E-state index contributed by atoms with van der Waals surface area (Å²) in [5.41, 5.74) is 2.75. The molecule has 2 aromatic rings. The first-order valence-corrected chi connectivity index (χ1v) is 7.21. The summed E-state index contributed by atoms with van der Waals surface area (Å²) < 4.78 is 10.6. The van der Waals surface area contributed by atoms with Gasteiger partial charge in [0.05, 0.1) is 12.1 Å². The Balaban J connectivity index is 1.94. The van der Waals surface area contributed by atoms with Crippen molar-refractivity contribution < 1.29 is 14.3 Å².